The zero-order valence-corrected chi connectivity index (χ0v) is 6.80. The number of nitrogens with zero attached hydrogens (tertiary/aromatic N) is 1. The fourth-order valence-electron chi connectivity index (χ4n) is 1.86. The van der Waals surface area contributed by atoms with E-state index < -0.39 is 0 Å². The SMILES string of the molecule is C/C(=N/N)C1CCC[C@H]1C. The van der Waals surface area contributed by atoms with Gasteiger partial charge in [-0.2, -0.15) is 5.10 Å². The van der Waals surface area contributed by atoms with Gasteiger partial charge in [-0.1, -0.05) is 19.8 Å². The van der Waals surface area contributed by atoms with E-state index in [1.165, 1.54) is 19.3 Å². The van der Waals surface area contributed by atoms with Gasteiger partial charge in [-0.3, -0.25) is 0 Å². The topological polar surface area (TPSA) is 38.4 Å². The number of hydrogen-bond donors (Lipinski definition) is 1. The molecule has 1 fully saturated rings. The summed E-state index contributed by atoms with van der Waals surface area (Å²) < 4.78 is 0. The Bertz CT molecular complexity index is 140. The van der Waals surface area contributed by atoms with Crippen molar-refractivity contribution >= 4 is 5.71 Å². The van der Waals surface area contributed by atoms with Crippen molar-refractivity contribution in [2.24, 2.45) is 22.8 Å². The van der Waals surface area contributed by atoms with Crippen LogP contribution in [-0.2, 0) is 0 Å². The Morgan fingerprint density at radius 2 is 2.20 bits per heavy atom. The summed E-state index contributed by atoms with van der Waals surface area (Å²) in [5.41, 5.74) is 1.13. The molecule has 1 aliphatic carbocycles. The quantitative estimate of drug-likeness (QED) is 0.336. The molecule has 0 aromatic heterocycles. The fraction of sp³-hybridized carbons (Fsp3) is 0.875. The van der Waals surface area contributed by atoms with Gasteiger partial charge in [-0.25, -0.2) is 0 Å². The van der Waals surface area contributed by atoms with Gasteiger partial charge in [-0.05, 0) is 19.3 Å². The van der Waals surface area contributed by atoms with E-state index in [-0.39, 0.29) is 0 Å². The average Bonchev–Trinajstić information content (AvgIpc) is 2.34. The minimum absolute atomic E-state index is 0.671. The second-order valence-corrected chi connectivity index (χ2v) is 3.29. The van der Waals surface area contributed by atoms with Gasteiger partial charge in [0, 0.05) is 11.6 Å². The van der Waals surface area contributed by atoms with Crippen LogP contribution in [0.5, 0.6) is 0 Å². The van der Waals surface area contributed by atoms with Crippen LogP contribution < -0.4 is 5.84 Å². The third-order valence-corrected chi connectivity index (χ3v) is 2.60. The zero-order valence-electron chi connectivity index (χ0n) is 6.80. The van der Waals surface area contributed by atoms with Gasteiger partial charge in [0.2, 0.25) is 0 Å². The van der Waals surface area contributed by atoms with Gasteiger partial charge in [0.05, 0.1) is 0 Å². The first kappa shape index (κ1) is 7.58. The third kappa shape index (κ3) is 1.31. The summed E-state index contributed by atoms with van der Waals surface area (Å²) in [6.07, 6.45) is 3.98. The molecular formula is C8H16N2. The van der Waals surface area contributed by atoms with E-state index in [2.05, 4.69) is 12.0 Å². The lowest BCUT2D eigenvalue weighted by atomic mass is 9.94. The first-order valence-electron chi connectivity index (χ1n) is 4.00. The molecule has 0 bridgehead atoms. The van der Waals surface area contributed by atoms with Crippen LogP contribution in [0, 0.1) is 11.8 Å². The smallest absolute Gasteiger partial charge is 0.0378 e. The van der Waals surface area contributed by atoms with Crippen LogP contribution in [-0.4, -0.2) is 5.71 Å². The minimum atomic E-state index is 0.671. The summed E-state index contributed by atoms with van der Waals surface area (Å²) in [6, 6.07) is 0. The van der Waals surface area contributed by atoms with E-state index in [1.807, 2.05) is 6.92 Å². The molecule has 2 N–H and O–H groups in total. The van der Waals surface area contributed by atoms with Crippen LogP contribution in [0.15, 0.2) is 5.10 Å². The van der Waals surface area contributed by atoms with Crippen LogP contribution in [0.3, 0.4) is 0 Å². The fourth-order valence-corrected chi connectivity index (χ4v) is 1.86. The standard InChI is InChI=1S/C8H16N2/c1-6-4-3-5-8(6)7(2)10-9/h6,8H,3-5,9H2,1-2H3/b10-7-/t6-,8?/m1/s1. The molecule has 58 valence electrons. The average molecular weight is 140 g/mol. The van der Waals surface area contributed by atoms with Crippen LogP contribution >= 0.6 is 0 Å². The number of hydrazone groups is 1. The van der Waals surface area contributed by atoms with E-state index in [0.29, 0.717) is 5.92 Å². The van der Waals surface area contributed by atoms with Gasteiger partial charge in [0.1, 0.15) is 0 Å². The molecule has 2 nitrogen and oxygen atoms in total. The predicted molar refractivity (Wildman–Crippen MR) is 43.8 cm³/mol. The van der Waals surface area contributed by atoms with E-state index >= 15 is 0 Å². The molecule has 0 radical (unpaired) electrons. The summed E-state index contributed by atoms with van der Waals surface area (Å²) in [7, 11) is 0. The molecule has 10 heavy (non-hydrogen) atoms. The molecule has 2 atom stereocenters. The van der Waals surface area contributed by atoms with Crippen molar-refractivity contribution in [3.05, 3.63) is 0 Å². The Morgan fingerprint density at radius 1 is 1.50 bits per heavy atom. The highest BCUT2D eigenvalue weighted by Gasteiger charge is 2.25. The summed E-state index contributed by atoms with van der Waals surface area (Å²) in [4.78, 5) is 0. The van der Waals surface area contributed by atoms with Crippen LogP contribution in [0.4, 0.5) is 0 Å². The Balaban J connectivity index is 2.55. The monoisotopic (exact) mass is 140 g/mol. The maximum atomic E-state index is 5.20. The Labute approximate surface area is 62.5 Å². The molecular weight excluding hydrogens is 124 g/mol. The molecule has 1 rings (SSSR count). The zero-order chi connectivity index (χ0) is 7.56. The van der Waals surface area contributed by atoms with E-state index in [0.717, 1.165) is 11.6 Å². The Morgan fingerprint density at radius 3 is 2.60 bits per heavy atom. The molecule has 1 aliphatic rings. The van der Waals surface area contributed by atoms with E-state index in [4.69, 9.17) is 5.84 Å². The summed E-state index contributed by atoms with van der Waals surface area (Å²) in [6.45, 7) is 4.32. The van der Waals surface area contributed by atoms with Gasteiger partial charge in [-0.15, -0.1) is 0 Å². The van der Waals surface area contributed by atoms with Gasteiger partial charge in [0.15, 0.2) is 0 Å². The van der Waals surface area contributed by atoms with Crippen LogP contribution in [0.25, 0.3) is 0 Å². The van der Waals surface area contributed by atoms with Crippen LogP contribution in [0.1, 0.15) is 33.1 Å². The molecule has 0 aromatic rings. The van der Waals surface area contributed by atoms with E-state index in [9.17, 15) is 0 Å². The molecule has 0 aromatic carbocycles. The van der Waals surface area contributed by atoms with Crippen molar-refractivity contribution in [3.8, 4) is 0 Å². The van der Waals surface area contributed by atoms with Crippen molar-refractivity contribution < 1.29 is 0 Å². The van der Waals surface area contributed by atoms with Gasteiger partial charge < -0.3 is 5.84 Å². The van der Waals surface area contributed by atoms with Crippen molar-refractivity contribution in [2.45, 2.75) is 33.1 Å². The molecule has 1 unspecified atom stereocenters. The normalized spacial score (nSPS) is 34.8. The highest BCUT2D eigenvalue weighted by molar-refractivity contribution is 5.84. The van der Waals surface area contributed by atoms with Crippen molar-refractivity contribution in [1.29, 1.82) is 0 Å². The number of hydrogen-bond acceptors (Lipinski definition) is 2. The second-order valence-electron chi connectivity index (χ2n) is 3.29. The summed E-state index contributed by atoms with van der Waals surface area (Å²) in [5, 5.41) is 3.74. The molecule has 0 amide bonds. The largest absolute Gasteiger partial charge is 0.323 e. The molecule has 0 saturated heterocycles. The Kier molecular flexibility index (Phi) is 2.30. The number of rotatable bonds is 1. The summed E-state index contributed by atoms with van der Waals surface area (Å²) in [5.74, 6) is 6.67. The lowest BCUT2D eigenvalue weighted by molar-refractivity contribution is 0.527. The van der Waals surface area contributed by atoms with Crippen LogP contribution in [0.2, 0.25) is 0 Å². The third-order valence-electron chi connectivity index (χ3n) is 2.60. The first-order chi connectivity index (χ1) is 4.75. The molecule has 0 aliphatic heterocycles. The second kappa shape index (κ2) is 3.04. The van der Waals surface area contributed by atoms with Gasteiger partial charge in [0.25, 0.3) is 0 Å². The molecule has 0 spiro atoms. The lowest BCUT2D eigenvalue weighted by Crippen LogP contribution is -2.15. The van der Waals surface area contributed by atoms with Crippen molar-refractivity contribution in [1.82, 2.24) is 0 Å². The number of nitrogens with two attached hydrogens (primary N) is 1. The first-order valence-corrected chi connectivity index (χ1v) is 4.00. The maximum absolute atomic E-state index is 5.20. The lowest BCUT2D eigenvalue weighted by Gasteiger charge is -2.13. The highest BCUT2D eigenvalue weighted by atomic mass is 15.1. The molecule has 2 heteroatoms. The van der Waals surface area contributed by atoms with Crippen molar-refractivity contribution in [3.63, 3.8) is 0 Å². The predicted octanol–water partition coefficient (Wildman–Crippen LogP) is 1.76. The minimum Gasteiger partial charge on any atom is -0.323 e. The van der Waals surface area contributed by atoms with E-state index in [1.54, 1.807) is 0 Å². The summed E-state index contributed by atoms with van der Waals surface area (Å²) >= 11 is 0. The van der Waals surface area contributed by atoms with Crippen molar-refractivity contribution in [2.75, 3.05) is 0 Å². The molecule has 1 saturated carbocycles. The molecule has 0 heterocycles. The maximum Gasteiger partial charge on any atom is 0.0378 e. The van der Waals surface area contributed by atoms with Gasteiger partial charge >= 0.3 is 0 Å². The Hall–Kier alpha value is -0.530. The highest BCUT2D eigenvalue weighted by Crippen LogP contribution is 2.31.